The Balaban J connectivity index is 4.77. The molecule has 200 valence electrons. The largest absolute Gasteiger partial charge is 0.370 e. The minimum Gasteiger partial charge on any atom is -0.370 e. The van der Waals surface area contributed by atoms with Crippen molar-refractivity contribution in [2.24, 2.45) is 55.1 Å². The zero-order valence-electron chi connectivity index (χ0n) is 20.1. The standard InChI is InChI=1S/C19H41N13O3/c20-16(21)30-10-7-27-13(33)1-4-19(26,5-2-14(34)28-8-11-31-17(22)23)6-3-15(35)29-9-12-32-18(24)25/h1-12,26H2,(H,27,33)(H,28,34)(H,29,35)(H4,20,21,30)(H4,22,23,31)(H4,24,25,32). The number of amides is 3. The smallest absolute Gasteiger partial charge is 0.220 e. The summed E-state index contributed by atoms with van der Waals surface area (Å²) in [5.74, 6) is -0.910. The number of carbonyl (C=O) groups excluding carboxylic acids is 3. The van der Waals surface area contributed by atoms with Crippen molar-refractivity contribution < 1.29 is 14.4 Å². The third-order valence-corrected chi connectivity index (χ3v) is 4.73. The summed E-state index contributed by atoms with van der Waals surface area (Å²) in [4.78, 5) is 47.9. The Kier molecular flexibility index (Phi) is 15.7. The Labute approximate surface area is 205 Å². The van der Waals surface area contributed by atoms with Crippen LogP contribution in [0.2, 0.25) is 0 Å². The first-order valence-electron chi connectivity index (χ1n) is 11.2. The molecule has 16 nitrogen and oxygen atoms in total. The maximum absolute atomic E-state index is 12.2. The van der Waals surface area contributed by atoms with E-state index in [-0.39, 0.29) is 113 Å². The zero-order chi connectivity index (χ0) is 26.7. The van der Waals surface area contributed by atoms with Gasteiger partial charge in [-0.2, -0.15) is 0 Å². The second kappa shape index (κ2) is 17.6. The average molecular weight is 500 g/mol. The molecule has 0 heterocycles. The third-order valence-electron chi connectivity index (χ3n) is 4.73. The van der Waals surface area contributed by atoms with Crippen LogP contribution in [0.1, 0.15) is 38.5 Å². The molecule has 0 bridgehead atoms. The predicted molar refractivity (Wildman–Crippen MR) is 136 cm³/mol. The van der Waals surface area contributed by atoms with E-state index in [0.29, 0.717) is 0 Å². The topological polar surface area (TPSA) is 307 Å². The second-order valence-electron chi connectivity index (χ2n) is 7.83. The number of hydrogen-bond acceptors (Lipinski definition) is 7. The van der Waals surface area contributed by atoms with Crippen molar-refractivity contribution in [2.75, 3.05) is 39.3 Å². The third kappa shape index (κ3) is 19.4. The molecule has 3 amide bonds. The number of carbonyl (C=O) groups is 3. The SMILES string of the molecule is NC(N)=NCCNC(=O)CCC(N)(CCC(=O)NCCN=C(N)N)CCC(=O)NCCN=C(N)N. The van der Waals surface area contributed by atoms with Gasteiger partial charge in [0, 0.05) is 44.4 Å². The normalized spacial score (nSPS) is 10.5. The highest BCUT2D eigenvalue weighted by atomic mass is 16.2. The number of nitrogens with zero attached hydrogens (tertiary/aromatic N) is 3. The van der Waals surface area contributed by atoms with Gasteiger partial charge in [-0.15, -0.1) is 0 Å². The summed E-state index contributed by atoms with van der Waals surface area (Å²) >= 11 is 0. The second-order valence-corrected chi connectivity index (χ2v) is 7.83. The quantitative estimate of drug-likeness (QED) is 0.0487. The Morgan fingerprint density at radius 2 is 0.800 bits per heavy atom. The molecule has 0 aliphatic heterocycles. The van der Waals surface area contributed by atoms with E-state index < -0.39 is 5.54 Å². The monoisotopic (exact) mass is 499 g/mol. The van der Waals surface area contributed by atoms with Gasteiger partial charge in [-0.3, -0.25) is 29.4 Å². The number of guanidine groups is 3. The Morgan fingerprint density at radius 1 is 0.543 bits per heavy atom. The Morgan fingerprint density at radius 3 is 1.03 bits per heavy atom. The van der Waals surface area contributed by atoms with E-state index in [1.807, 2.05) is 0 Å². The van der Waals surface area contributed by atoms with Gasteiger partial charge in [0.25, 0.3) is 0 Å². The van der Waals surface area contributed by atoms with Crippen molar-refractivity contribution in [1.82, 2.24) is 16.0 Å². The molecule has 0 saturated heterocycles. The minimum absolute atomic E-state index is 0.0617. The molecule has 0 aliphatic rings. The van der Waals surface area contributed by atoms with Gasteiger partial charge in [-0.1, -0.05) is 0 Å². The van der Waals surface area contributed by atoms with E-state index in [1.165, 1.54) is 0 Å². The van der Waals surface area contributed by atoms with Gasteiger partial charge in [-0.05, 0) is 19.3 Å². The van der Waals surface area contributed by atoms with Crippen LogP contribution in [-0.2, 0) is 14.4 Å². The van der Waals surface area contributed by atoms with E-state index in [0.717, 1.165) is 0 Å². The van der Waals surface area contributed by atoms with Gasteiger partial charge in [0.2, 0.25) is 17.7 Å². The van der Waals surface area contributed by atoms with Crippen molar-refractivity contribution in [3.63, 3.8) is 0 Å². The highest BCUT2D eigenvalue weighted by molar-refractivity contribution is 5.78. The maximum Gasteiger partial charge on any atom is 0.220 e. The summed E-state index contributed by atoms with van der Waals surface area (Å²) < 4.78 is 0. The van der Waals surface area contributed by atoms with Gasteiger partial charge in [0.05, 0.1) is 19.6 Å². The molecule has 16 heteroatoms. The first kappa shape index (κ1) is 31.2. The fourth-order valence-electron chi connectivity index (χ4n) is 2.87. The molecule has 35 heavy (non-hydrogen) atoms. The molecule has 0 atom stereocenters. The molecule has 0 aromatic carbocycles. The van der Waals surface area contributed by atoms with Gasteiger partial charge in [-0.25, -0.2) is 0 Å². The summed E-state index contributed by atoms with van der Waals surface area (Å²) in [6.45, 7) is 1.56. The molecule has 0 saturated carbocycles. The van der Waals surface area contributed by atoms with Crippen LogP contribution in [0, 0.1) is 0 Å². The highest BCUT2D eigenvalue weighted by Crippen LogP contribution is 2.22. The number of hydrogen-bond donors (Lipinski definition) is 10. The number of nitrogens with one attached hydrogen (secondary N) is 3. The summed E-state index contributed by atoms with van der Waals surface area (Å²) in [6, 6.07) is 0. The predicted octanol–water partition coefficient (Wildman–Crippen LogP) is -4.81. The Hall–Kier alpha value is -3.82. The van der Waals surface area contributed by atoms with Crippen LogP contribution in [0.4, 0.5) is 0 Å². The lowest BCUT2D eigenvalue weighted by Gasteiger charge is -2.29. The molecule has 17 N–H and O–H groups in total. The summed E-state index contributed by atoms with van der Waals surface area (Å²) in [5, 5.41) is 8.07. The van der Waals surface area contributed by atoms with Crippen LogP contribution < -0.4 is 56.1 Å². The lowest BCUT2D eigenvalue weighted by atomic mass is 9.84. The molecule has 0 radical (unpaired) electrons. The van der Waals surface area contributed by atoms with Crippen molar-refractivity contribution in [3.05, 3.63) is 0 Å². The van der Waals surface area contributed by atoms with E-state index in [2.05, 4.69) is 30.9 Å². The van der Waals surface area contributed by atoms with Gasteiger partial charge in [0.15, 0.2) is 17.9 Å². The average Bonchev–Trinajstić information content (AvgIpc) is 2.78. The molecular formula is C19H41N13O3. The fourth-order valence-corrected chi connectivity index (χ4v) is 2.87. The van der Waals surface area contributed by atoms with Gasteiger partial charge >= 0.3 is 0 Å². The molecular weight excluding hydrogens is 458 g/mol. The lowest BCUT2D eigenvalue weighted by Crippen LogP contribution is -2.44. The maximum atomic E-state index is 12.2. The highest BCUT2D eigenvalue weighted by Gasteiger charge is 2.27. The van der Waals surface area contributed by atoms with E-state index >= 15 is 0 Å². The molecule has 0 aromatic heterocycles. The van der Waals surface area contributed by atoms with E-state index in [4.69, 9.17) is 40.1 Å². The number of nitrogens with two attached hydrogens (primary N) is 7. The number of aliphatic imine (C=N–C) groups is 3. The molecule has 0 spiro atoms. The van der Waals surface area contributed by atoms with Crippen molar-refractivity contribution >= 4 is 35.6 Å². The molecule has 0 fully saturated rings. The number of rotatable bonds is 18. The summed E-state index contributed by atoms with van der Waals surface area (Å²) in [6.07, 6.45) is 1.13. The van der Waals surface area contributed by atoms with Crippen molar-refractivity contribution in [1.29, 1.82) is 0 Å². The fraction of sp³-hybridized carbons (Fsp3) is 0.684. The van der Waals surface area contributed by atoms with Crippen LogP contribution in [0.3, 0.4) is 0 Å². The first-order valence-corrected chi connectivity index (χ1v) is 11.2. The van der Waals surface area contributed by atoms with Crippen LogP contribution in [0.5, 0.6) is 0 Å². The van der Waals surface area contributed by atoms with Crippen LogP contribution in [0.25, 0.3) is 0 Å². The van der Waals surface area contributed by atoms with Crippen molar-refractivity contribution in [3.8, 4) is 0 Å². The van der Waals surface area contributed by atoms with E-state index in [1.54, 1.807) is 0 Å². The Bertz CT molecular complexity index is 657. The van der Waals surface area contributed by atoms with Gasteiger partial charge in [0.1, 0.15) is 0 Å². The van der Waals surface area contributed by atoms with Crippen LogP contribution in [-0.4, -0.2) is 80.4 Å². The molecule has 0 unspecified atom stereocenters. The van der Waals surface area contributed by atoms with Crippen LogP contribution in [0.15, 0.2) is 15.0 Å². The van der Waals surface area contributed by atoms with Crippen LogP contribution >= 0.6 is 0 Å². The molecule has 0 aromatic rings. The minimum atomic E-state index is -0.925. The first-order chi connectivity index (χ1) is 16.4. The lowest BCUT2D eigenvalue weighted by molar-refractivity contribution is -0.121. The summed E-state index contributed by atoms with van der Waals surface area (Å²) in [5.41, 5.74) is 37.0. The molecule has 0 aliphatic carbocycles. The van der Waals surface area contributed by atoms with E-state index in [9.17, 15) is 14.4 Å². The zero-order valence-corrected chi connectivity index (χ0v) is 20.1. The van der Waals surface area contributed by atoms with Crippen molar-refractivity contribution in [2.45, 2.75) is 44.1 Å². The van der Waals surface area contributed by atoms with Gasteiger partial charge < -0.3 is 56.1 Å². The molecule has 0 rings (SSSR count). The summed E-state index contributed by atoms with van der Waals surface area (Å²) in [7, 11) is 0.